The van der Waals surface area contributed by atoms with Crippen LogP contribution in [-0.4, -0.2) is 66.0 Å². The molecule has 1 saturated carbocycles. The maximum atomic E-state index is 6.06. The van der Waals surface area contributed by atoms with Crippen molar-refractivity contribution in [3.8, 4) is 0 Å². The second kappa shape index (κ2) is 8.46. The van der Waals surface area contributed by atoms with Crippen molar-refractivity contribution >= 4 is 33.1 Å². The van der Waals surface area contributed by atoms with Crippen LogP contribution in [0.1, 0.15) is 44.1 Å². The second-order valence-electron chi connectivity index (χ2n) is 7.99. The zero-order valence-corrected chi connectivity index (χ0v) is 18.4. The average Bonchev–Trinajstić information content (AvgIpc) is 3.33. The highest BCUT2D eigenvalue weighted by Crippen LogP contribution is 2.38. The lowest BCUT2D eigenvalue weighted by Crippen LogP contribution is -2.51. The molecule has 2 atom stereocenters. The van der Waals surface area contributed by atoms with E-state index in [-0.39, 0.29) is 5.79 Å². The summed E-state index contributed by atoms with van der Waals surface area (Å²) in [5.41, 5.74) is 1.11. The molecule has 6 heteroatoms. The van der Waals surface area contributed by atoms with Crippen LogP contribution in [-0.2, 0) is 9.47 Å². The molecule has 27 heavy (non-hydrogen) atoms. The van der Waals surface area contributed by atoms with Crippen molar-refractivity contribution in [2.75, 3.05) is 33.4 Å². The highest BCUT2D eigenvalue weighted by atomic mass is 79.9. The van der Waals surface area contributed by atoms with E-state index in [4.69, 9.17) is 21.7 Å². The first-order valence-corrected chi connectivity index (χ1v) is 11.3. The van der Waals surface area contributed by atoms with Crippen molar-refractivity contribution in [3.05, 3.63) is 34.3 Å². The molecule has 4 nitrogen and oxygen atoms in total. The molecule has 0 amide bonds. The molecule has 2 aliphatic heterocycles. The lowest BCUT2D eigenvalue weighted by atomic mass is 9.99. The van der Waals surface area contributed by atoms with Crippen LogP contribution < -0.4 is 0 Å². The smallest absolute Gasteiger partial charge is 0.168 e. The molecule has 3 fully saturated rings. The molecule has 1 aliphatic carbocycles. The first kappa shape index (κ1) is 19.8. The number of ether oxygens (including phenoxy) is 2. The van der Waals surface area contributed by atoms with E-state index in [1.165, 1.54) is 25.9 Å². The molecule has 3 aliphatic rings. The van der Waals surface area contributed by atoms with Gasteiger partial charge in [0.2, 0.25) is 0 Å². The molecule has 2 heterocycles. The van der Waals surface area contributed by atoms with Gasteiger partial charge in [-0.2, -0.15) is 0 Å². The summed E-state index contributed by atoms with van der Waals surface area (Å²) >= 11 is 9.41. The van der Waals surface area contributed by atoms with Crippen LogP contribution in [0.2, 0.25) is 0 Å². The summed E-state index contributed by atoms with van der Waals surface area (Å²) < 4.78 is 13.2. The Morgan fingerprint density at radius 1 is 1.11 bits per heavy atom. The van der Waals surface area contributed by atoms with Gasteiger partial charge in [0.15, 0.2) is 5.79 Å². The molecule has 4 rings (SSSR count). The standard InChI is InChI=1S/C21H29BrN2O2S/c1-23(20(27)16-4-6-17(22)7-5-16)18-8-10-21(25-14-15-26-21)11-9-19(18)24-12-2-3-13-24/h4-7,18-19H,2-3,8-15H2,1H3. The third-order valence-corrected chi connectivity index (χ3v) is 7.47. The van der Waals surface area contributed by atoms with Crippen LogP contribution in [0.25, 0.3) is 0 Å². The first-order chi connectivity index (χ1) is 13.1. The van der Waals surface area contributed by atoms with Gasteiger partial charge in [-0.15, -0.1) is 0 Å². The second-order valence-corrected chi connectivity index (χ2v) is 9.29. The Morgan fingerprint density at radius 2 is 1.74 bits per heavy atom. The molecule has 0 N–H and O–H groups in total. The van der Waals surface area contributed by atoms with Crippen LogP contribution in [0.3, 0.4) is 0 Å². The Kier molecular flexibility index (Phi) is 6.19. The highest BCUT2D eigenvalue weighted by molar-refractivity contribution is 9.10. The molecular formula is C21H29BrN2O2S. The van der Waals surface area contributed by atoms with Crippen LogP contribution in [0.5, 0.6) is 0 Å². The summed E-state index contributed by atoms with van der Waals surface area (Å²) in [6, 6.07) is 9.25. The summed E-state index contributed by atoms with van der Waals surface area (Å²) in [4.78, 5) is 5.95. The van der Waals surface area contributed by atoms with Crippen molar-refractivity contribution in [2.24, 2.45) is 0 Å². The molecule has 2 saturated heterocycles. The van der Waals surface area contributed by atoms with E-state index in [0.29, 0.717) is 12.1 Å². The van der Waals surface area contributed by atoms with Gasteiger partial charge in [-0.1, -0.05) is 40.3 Å². The van der Waals surface area contributed by atoms with Crippen LogP contribution in [0, 0.1) is 0 Å². The fourth-order valence-electron chi connectivity index (χ4n) is 4.93. The molecule has 0 bridgehead atoms. The van der Waals surface area contributed by atoms with Crippen molar-refractivity contribution in [2.45, 2.75) is 56.4 Å². The Morgan fingerprint density at radius 3 is 2.41 bits per heavy atom. The lowest BCUT2D eigenvalue weighted by Gasteiger charge is -2.39. The average molecular weight is 453 g/mol. The molecule has 2 unspecified atom stereocenters. The number of rotatable bonds is 3. The highest BCUT2D eigenvalue weighted by Gasteiger charge is 2.44. The van der Waals surface area contributed by atoms with E-state index in [9.17, 15) is 0 Å². The van der Waals surface area contributed by atoms with Crippen molar-refractivity contribution in [1.29, 1.82) is 0 Å². The molecule has 1 aromatic rings. The minimum absolute atomic E-state index is 0.354. The Bertz CT molecular complexity index is 657. The van der Waals surface area contributed by atoms with Gasteiger partial charge in [0.25, 0.3) is 0 Å². The molecular weight excluding hydrogens is 424 g/mol. The summed E-state index contributed by atoms with van der Waals surface area (Å²) in [6.07, 6.45) is 6.72. The monoisotopic (exact) mass is 452 g/mol. The van der Waals surface area contributed by atoms with E-state index in [1.54, 1.807) is 0 Å². The number of benzene rings is 1. The molecule has 0 radical (unpaired) electrons. The van der Waals surface area contributed by atoms with Gasteiger partial charge in [0, 0.05) is 42.0 Å². The number of nitrogens with zero attached hydrogens (tertiary/aromatic N) is 2. The maximum absolute atomic E-state index is 6.06. The zero-order chi connectivity index (χ0) is 18.9. The first-order valence-electron chi connectivity index (χ1n) is 10.1. The zero-order valence-electron chi connectivity index (χ0n) is 16.0. The van der Waals surface area contributed by atoms with E-state index in [1.807, 2.05) is 0 Å². The van der Waals surface area contributed by atoms with Gasteiger partial charge in [0.05, 0.1) is 13.2 Å². The lowest BCUT2D eigenvalue weighted by molar-refractivity contribution is -0.165. The maximum Gasteiger partial charge on any atom is 0.168 e. The Labute approximate surface area is 176 Å². The topological polar surface area (TPSA) is 24.9 Å². The van der Waals surface area contributed by atoms with E-state index in [2.05, 4.69) is 57.0 Å². The molecule has 0 aromatic heterocycles. The summed E-state index contributed by atoms with van der Waals surface area (Å²) in [6.45, 7) is 3.86. The fourth-order valence-corrected chi connectivity index (χ4v) is 5.46. The largest absolute Gasteiger partial charge is 0.361 e. The fraction of sp³-hybridized carbons (Fsp3) is 0.667. The minimum Gasteiger partial charge on any atom is -0.361 e. The third-order valence-electron chi connectivity index (χ3n) is 6.42. The predicted molar refractivity (Wildman–Crippen MR) is 115 cm³/mol. The number of halogens is 1. The van der Waals surface area contributed by atoms with E-state index < -0.39 is 0 Å². The van der Waals surface area contributed by atoms with Crippen molar-refractivity contribution < 1.29 is 9.47 Å². The number of likely N-dealkylation sites (tertiary alicyclic amines) is 1. The predicted octanol–water partition coefficient (Wildman–Crippen LogP) is 4.21. The van der Waals surface area contributed by atoms with Crippen molar-refractivity contribution in [1.82, 2.24) is 9.80 Å². The van der Waals surface area contributed by atoms with E-state index >= 15 is 0 Å². The van der Waals surface area contributed by atoms with Crippen molar-refractivity contribution in [3.63, 3.8) is 0 Å². The van der Waals surface area contributed by atoms with Crippen LogP contribution >= 0.6 is 28.1 Å². The quantitative estimate of drug-likeness (QED) is 0.639. The molecule has 148 valence electrons. The van der Waals surface area contributed by atoms with Crippen LogP contribution in [0.4, 0.5) is 0 Å². The van der Waals surface area contributed by atoms with E-state index in [0.717, 1.165) is 53.9 Å². The van der Waals surface area contributed by atoms with Gasteiger partial charge >= 0.3 is 0 Å². The molecule has 1 aromatic carbocycles. The van der Waals surface area contributed by atoms with Gasteiger partial charge in [-0.05, 0) is 50.9 Å². The Balaban J connectivity index is 1.55. The van der Waals surface area contributed by atoms with Gasteiger partial charge in [-0.3, -0.25) is 4.90 Å². The minimum atomic E-state index is -0.354. The third kappa shape index (κ3) is 4.25. The summed E-state index contributed by atoms with van der Waals surface area (Å²) in [5.74, 6) is -0.354. The van der Waals surface area contributed by atoms with Crippen LogP contribution in [0.15, 0.2) is 28.7 Å². The molecule has 1 spiro atoms. The normalized spacial score (nSPS) is 28.4. The number of thiocarbonyl (C=S) groups is 1. The van der Waals surface area contributed by atoms with Gasteiger partial charge in [-0.25, -0.2) is 0 Å². The van der Waals surface area contributed by atoms with Gasteiger partial charge < -0.3 is 14.4 Å². The number of likely N-dealkylation sites (N-methyl/N-ethyl adjacent to an activating group) is 1. The van der Waals surface area contributed by atoms with Gasteiger partial charge in [0.1, 0.15) is 4.99 Å². The summed E-state index contributed by atoms with van der Waals surface area (Å²) in [7, 11) is 2.17. The Hall–Kier alpha value is -0.530. The summed E-state index contributed by atoms with van der Waals surface area (Å²) in [5, 5.41) is 0. The number of hydrogen-bond acceptors (Lipinski definition) is 4. The number of hydrogen-bond donors (Lipinski definition) is 0. The SMILES string of the molecule is CN(C(=S)c1ccc(Br)cc1)C1CCC2(CCC1N1CCCC1)OCCO2.